The first kappa shape index (κ1) is 22.1. The Kier molecular flexibility index (Phi) is 7.79. The molecule has 0 aromatic heterocycles. The molecule has 0 radical (unpaired) electrons. The first-order valence-electron chi connectivity index (χ1n) is 10.1. The Balaban J connectivity index is 1.49. The summed E-state index contributed by atoms with van der Waals surface area (Å²) in [4.78, 5) is 24.2. The van der Waals surface area contributed by atoms with Crippen molar-refractivity contribution in [2.45, 2.75) is 25.9 Å². The van der Waals surface area contributed by atoms with Crippen molar-refractivity contribution in [1.29, 1.82) is 5.26 Å². The van der Waals surface area contributed by atoms with E-state index in [9.17, 15) is 14.9 Å². The van der Waals surface area contributed by atoms with Crippen molar-refractivity contribution in [1.82, 2.24) is 5.32 Å². The number of carbonyl (C=O) groups excluding carboxylic acids is 2. The molecular weight excluding hydrogens is 394 g/mol. The second kappa shape index (κ2) is 11.0. The Labute approximate surface area is 181 Å². The van der Waals surface area contributed by atoms with Gasteiger partial charge in [-0.1, -0.05) is 29.8 Å². The third-order valence-corrected chi connectivity index (χ3v) is 4.78. The van der Waals surface area contributed by atoms with Gasteiger partial charge in [0.15, 0.2) is 6.61 Å². The van der Waals surface area contributed by atoms with Crippen LogP contribution >= 0.6 is 0 Å². The molecule has 0 saturated carbocycles. The van der Waals surface area contributed by atoms with Crippen LogP contribution in [0.5, 0.6) is 5.75 Å². The van der Waals surface area contributed by atoms with E-state index in [1.165, 1.54) is 6.08 Å². The predicted molar refractivity (Wildman–Crippen MR) is 117 cm³/mol. The maximum atomic E-state index is 12.2. The summed E-state index contributed by atoms with van der Waals surface area (Å²) in [6.45, 7) is 2.96. The van der Waals surface area contributed by atoms with Crippen LogP contribution in [0, 0.1) is 18.3 Å². The summed E-state index contributed by atoms with van der Waals surface area (Å²) in [5.41, 5.74) is 2.52. The Morgan fingerprint density at radius 1 is 1.19 bits per heavy atom. The molecule has 1 atom stereocenters. The number of ether oxygens (including phenoxy) is 2. The molecule has 2 aromatic rings. The molecule has 2 aromatic carbocycles. The molecule has 1 saturated heterocycles. The second-order valence-corrected chi connectivity index (χ2v) is 7.29. The Morgan fingerprint density at radius 3 is 2.58 bits per heavy atom. The van der Waals surface area contributed by atoms with E-state index < -0.39 is 5.91 Å². The third-order valence-electron chi connectivity index (χ3n) is 4.78. The number of nitrogens with zero attached hydrogens (tertiary/aromatic N) is 1. The number of nitriles is 1. The minimum atomic E-state index is -0.425. The average molecular weight is 419 g/mol. The van der Waals surface area contributed by atoms with Crippen molar-refractivity contribution in [2.75, 3.05) is 25.1 Å². The maximum absolute atomic E-state index is 12.2. The molecule has 160 valence electrons. The molecule has 0 spiro atoms. The van der Waals surface area contributed by atoms with E-state index in [1.54, 1.807) is 24.3 Å². The Bertz CT molecular complexity index is 969. The molecule has 1 aliphatic heterocycles. The number of aryl methyl sites for hydroxylation is 1. The molecule has 0 aliphatic carbocycles. The molecule has 7 nitrogen and oxygen atoms in total. The summed E-state index contributed by atoms with van der Waals surface area (Å²) in [6.07, 6.45) is 3.43. The average Bonchev–Trinajstić information content (AvgIpc) is 3.30. The second-order valence-electron chi connectivity index (χ2n) is 7.29. The van der Waals surface area contributed by atoms with Crippen LogP contribution in [-0.4, -0.2) is 37.7 Å². The zero-order valence-corrected chi connectivity index (χ0v) is 17.4. The van der Waals surface area contributed by atoms with E-state index in [-0.39, 0.29) is 24.2 Å². The number of carbonyl (C=O) groups is 2. The number of amides is 2. The largest absolute Gasteiger partial charge is 0.484 e. The number of hydrogen-bond acceptors (Lipinski definition) is 5. The topological polar surface area (TPSA) is 100 Å². The van der Waals surface area contributed by atoms with Gasteiger partial charge in [-0.3, -0.25) is 9.59 Å². The summed E-state index contributed by atoms with van der Waals surface area (Å²) in [7, 11) is 0. The standard InChI is InChI=1S/C24H25N3O4/c1-17-4-8-20(9-5-17)27-23(28)16-31-21-10-6-18(7-11-21)13-19(14-25)24(29)26-15-22-3-2-12-30-22/h4-11,13,22H,2-3,12,15-16H2,1H3,(H,26,29)(H,27,28)/b19-13-/t22-/m0/s1. The van der Waals surface area contributed by atoms with Crippen LogP contribution in [-0.2, 0) is 14.3 Å². The van der Waals surface area contributed by atoms with Gasteiger partial charge < -0.3 is 20.1 Å². The summed E-state index contributed by atoms with van der Waals surface area (Å²) in [5.74, 6) is -0.175. The molecule has 7 heteroatoms. The first-order valence-corrected chi connectivity index (χ1v) is 10.1. The van der Waals surface area contributed by atoms with Gasteiger partial charge in [-0.05, 0) is 55.7 Å². The van der Waals surface area contributed by atoms with Gasteiger partial charge in [0.2, 0.25) is 0 Å². The lowest BCUT2D eigenvalue weighted by Crippen LogP contribution is -2.32. The molecule has 0 unspecified atom stereocenters. The highest BCUT2D eigenvalue weighted by Gasteiger charge is 2.17. The van der Waals surface area contributed by atoms with E-state index in [2.05, 4.69) is 10.6 Å². The molecule has 1 heterocycles. The van der Waals surface area contributed by atoms with Crippen LogP contribution in [0.15, 0.2) is 54.1 Å². The van der Waals surface area contributed by atoms with Crippen LogP contribution in [0.25, 0.3) is 6.08 Å². The fraction of sp³-hybridized carbons (Fsp3) is 0.292. The van der Waals surface area contributed by atoms with E-state index in [1.807, 2.05) is 37.3 Å². The predicted octanol–water partition coefficient (Wildman–Crippen LogP) is 3.21. The maximum Gasteiger partial charge on any atom is 0.262 e. The van der Waals surface area contributed by atoms with Crippen LogP contribution in [0.4, 0.5) is 5.69 Å². The number of anilines is 1. The van der Waals surface area contributed by atoms with Gasteiger partial charge in [-0.25, -0.2) is 0 Å². The molecule has 2 N–H and O–H groups in total. The van der Waals surface area contributed by atoms with Crippen molar-refractivity contribution in [3.8, 4) is 11.8 Å². The first-order chi connectivity index (χ1) is 15.0. The van der Waals surface area contributed by atoms with Crippen molar-refractivity contribution < 1.29 is 19.1 Å². The Morgan fingerprint density at radius 2 is 1.94 bits per heavy atom. The minimum Gasteiger partial charge on any atom is -0.484 e. The molecule has 2 amide bonds. The lowest BCUT2D eigenvalue weighted by atomic mass is 10.1. The van der Waals surface area contributed by atoms with Crippen LogP contribution < -0.4 is 15.4 Å². The van der Waals surface area contributed by atoms with Crippen molar-refractivity contribution in [2.24, 2.45) is 0 Å². The summed E-state index contributed by atoms with van der Waals surface area (Å²) >= 11 is 0. The van der Waals surface area contributed by atoms with Crippen LogP contribution in [0.3, 0.4) is 0 Å². The van der Waals surface area contributed by atoms with Crippen molar-refractivity contribution in [3.63, 3.8) is 0 Å². The highest BCUT2D eigenvalue weighted by molar-refractivity contribution is 6.01. The molecular formula is C24H25N3O4. The highest BCUT2D eigenvalue weighted by Crippen LogP contribution is 2.16. The molecule has 0 bridgehead atoms. The molecule has 1 aliphatic rings. The van der Waals surface area contributed by atoms with Crippen LogP contribution in [0.1, 0.15) is 24.0 Å². The van der Waals surface area contributed by atoms with Gasteiger partial charge >= 0.3 is 0 Å². The molecule has 1 fully saturated rings. The van der Waals surface area contributed by atoms with Gasteiger partial charge in [0.25, 0.3) is 11.8 Å². The van der Waals surface area contributed by atoms with Crippen molar-refractivity contribution >= 4 is 23.6 Å². The minimum absolute atomic E-state index is 0.0172. The van der Waals surface area contributed by atoms with E-state index >= 15 is 0 Å². The van der Waals surface area contributed by atoms with Gasteiger partial charge in [0, 0.05) is 18.8 Å². The number of nitrogens with one attached hydrogen (secondary N) is 2. The molecule has 3 rings (SSSR count). The van der Waals surface area contributed by atoms with Gasteiger partial charge in [-0.2, -0.15) is 5.26 Å². The lowest BCUT2D eigenvalue weighted by molar-refractivity contribution is -0.118. The van der Waals surface area contributed by atoms with E-state index in [0.29, 0.717) is 30.2 Å². The Hall–Kier alpha value is -3.63. The van der Waals surface area contributed by atoms with Gasteiger partial charge in [0.05, 0.1) is 6.10 Å². The van der Waals surface area contributed by atoms with E-state index in [0.717, 1.165) is 18.4 Å². The zero-order chi connectivity index (χ0) is 22.1. The lowest BCUT2D eigenvalue weighted by Gasteiger charge is -2.10. The zero-order valence-electron chi connectivity index (χ0n) is 17.4. The fourth-order valence-corrected chi connectivity index (χ4v) is 3.07. The highest BCUT2D eigenvalue weighted by atomic mass is 16.5. The number of hydrogen-bond donors (Lipinski definition) is 2. The third kappa shape index (κ3) is 6.98. The SMILES string of the molecule is Cc1ccc(NC(=O)COc2ccc(/C=C(/C#N)C(=O)NC[C@@H]3CCCO3)cc2)cc1. The van der Waals surface area contributed by atoms with E-state index in [4.69, 9.17) is 9.47 Å². The summed E-state index contributed by atoms with van der Waals surface area (Å²) in [6, 6.07) is 16.2. The summed E-state index contributed by atoms with van der Waals surface area (Å²) < 4.78 is 11.0. The number of rotatable bonds is 8. The summed E-state index contributed by atoms with van der Waals surface area (Å²) in [5, 5.41) is 14.8. The monoisotopic (exact) mass is 419 g/mol. The van der Waals surface area contributed by atoms with Crippen LogP contribution in [0.2, 0.25) is 0 Å². The van der Waals surface area contributed by atoms with Gasteiger partial charge in [-0.15, -0.1) is 0 Å². The fourth-order valence-electron chi connectivity index (χ4n) is 3.07. The van der Waals surface area contributed by atoms with Crippen molar-refractivity contribution in [3.05, 3.63) is 65.2 Å². The smallest absolute Gasteiger partial charge is 0.262 e. The molecule has 31 heavy (non-hydrogen) atoms. The normalized spacial score (nSPS) is 15.7. The van der Waals surface area contributed by atoms with Gasteiger partial charge in [0.1, 0.15) is 17.4 Å². The number of benzene rings is 2. The quantitative estimate of drug-likeness (QED) is 0.505.